The zero-order valence-electron chi connectivity index (χ0n) is 13.7. The summed E-state index contributed by atoms with van der Waals surface area (Å²) in [5.74, 6) is -2.71. The van der Waals surface area contributed by atoms with Crippen LogP contribution < -0.4 is 5.32 Å². The van der Waals surface area contributed by atoms with Gasteiger partial charge in [-0.25, -0.2) is 19.7 Å². The average Bonchev–Trinajstić information content (AvgIpc) is 3.16. The monoisotopic (exact) mass is 383 g/mol. The molecule has 146 valence electrons. The van der Waals surface area contributed by atoms with Crippen molar-refractivity contribution in [3.63, 3.8) is 0 Å². The van der Waals surface area contributed by atoms with Crippen molar-refractivity contribution in [1.29, 1.82) is 0 Å². The lowest BCUT2D eigenvalue weighted by atomic mass is 10.1. The number of carboxylic acids is 2. The summed E-state index contributed by atoms with van der Waals surface area (Å²) in [7, 11) is 0. The van der Waals surface area contributed by atoms with Crippen molar-refractivity contribution in [2.24, 2.45) is 0 Å². The first-order valence-corrected chi connectivity index (χ1v) is 7.84. The molecule has 13 heteroatoms. The number of imidazole rings is 1. The van der Waals surface area contributed by atoms with E-state index >= 15 is 0 Å². The predicted molar refractivity (Wildman–Crippen MR) is 85.6 cm³/mol. The Kier molecular flexibility index (Phi) is 5.18. The van der Waals surface area contributed by atoms with Crippen LogP contribution in [0.2, 0.25) is 0 Å². The highest BCUT2D eigenvalue weighted by atomic mass is 16.6. The number of carboxylic acid groups (broad SMARTS) is 2. The Labute approximate surface area is 150 Å². The number of hydrogen-bond donors (Lipinski definition) is 6. The van der Waals surface area contributed by atoms with E-state index in [0.29, 0.717) is 0 Å². The maximum atomic E-state index is 11.2. The summed E-state index contributed by atoms with van der Waals surface area (Å²) in [6, 6.07) is -1.44. The minimum absolute atomic E-state index is 0.0147. The van der Waals surface area contributed by atoms with Crippen LogP contribution in [0.1, 0.15) is 12.6 Å². The van der Waals surface area contributed by atoms with Gasteiger partial charge in [0.15, 0.2) is 23.2 Å². The molecule has 1 saturated heterocycles. The van der Waals surface area contributed by atoms with Gasteiger partial charge in [0, 0.05) is 0 Å². The zero-order valence-corrected chi connectivity index (χ0v) is 13.7. The molecule has 3 heterocycles. The summed E-state index contributed by atoms with van der Waals surface area (Å²) in [4.78, 5) is 34.0. The minimum Gasteiger partial charge on any atom is -0.481 e. The molecule has 1 fully saturated rings. The third-order valence-electron chi connectivity index (χ3n) is 4.14. The molecule has 6 N–H and O–H groups in total. The first kappa shape index (κ1) is 18.9. The molecule has 1 aliphatic heterocycles. The van der Waals surface area contributed by atoms with Crippen molar-refractivity contribution in [1.82, 2.24) is 19.5 Å². The van der Waals surface area contributed by atoms with Gasteiger partial charge in [-0.05, 0) is 0 Å². The number of aliphatic hydroxyl groups excluding tert-OH is 3. The molecule has 0 radical (unpaired) electrons. The van der Waals surface area contributed by atoms with Crippen molar-refractivity contribution in [2.45, 2.75) is 37.0 Å². The van der Waals surface area contributed by atoms with E-state index in [9.17, 15) is 24.9 Å². The predicted octanol–water partition coefficient (Wildman–Crippen LogP) is -2.22. The fraction of sp³-hybridized carbons (Fsp3) is 0.500. The van der Waals surface area contributed by atoms with Crippen LogP contribution in [0.15, 0.2) is 12.7 Å². The first-order valence-electron chi connectivity index (χ1n) is 7.84. The molecule has 2 aromatic rings. The van der Waals surface area contributed by atoms with Crippen LogP contribution in [0, 0.1) is 0 Å². The van der Waals surface area contributed by atoms with Crippen LogP contribution in [0.4, 0.5) is 5.82 Å². The van der Waals surface area contributed by atoms with E-state index < -0.39 is 55.5 Å². The van der Waals surface area contributed by atoms with Crippen molar-refractivity contribution in [3.05, 3.63) is 12.7 Å². The van der Waals surface area contributed by atoms with E-state index in [4.69, 9.17) is 14.9 Å². The molecule has 0 saturated carbocycles. The van der Waals surface area contributed by atoms with Gasteiger partial charge in [0.1, 0.15) is 30.7 Å². The Morgan fingerprint density at radius 3 is 2.56 bits per heavy atom. The van der Waals surface area contributed by atoms with Gasteiger partial charge < -0.3 is 35.6 Å². The molecular weight excluding hydrogens is 366 g/mol. The molecule has 0 bridgehead atoms. The van der Waals surface area contributed by atoms with Crippen LogP contribution in [-0.4, -0.2) is 88.0 Å². The van der Waals surface area contributed by atoms with Gasteiger partial charge in [0.2, 0.25) is 0 Å². The molecule has 3 rings (SSSR count). The first-order chi connectivity index (χ1) is 12.8. The Hall–Kier alpha value is -2.87. The molecule has 4 unspecified atom stereocenters. The fourth-order valence-corrected chi connectivity index (χ4v) is 2.79. The Morgan fingerprint density at radius 2 is 1.96 bits per heavy atom. The topological polar surface area (TPSA) is 200 Å². The van der Waals surface area contributed by atoms with Gasteiger partial charge in [0.25, 0.3) is 0 Å². The molecule has 27 heavy (non-hydrogen) atoms. The number of rotatable bonds is 7. The second-order valence-electron chi connectivity index (χ2n) is 5.91. The molecular formula is C14H17N5O8. The molecule has 2 aromatic heterocycles. The van der Waals surface area contributed by atoms with Gasteiger partial charge >= 0.3 is 11.9 Å². The highest BCUT2D eigenvalue weighted by molar-refractivity contribution is 5.88. The fourth-order valence-electron chi connectivity index (χ4n) is 2.79. The normalized spacial score (nSPS) is 26.2. The van der Waals surface area contributed by atoms with Gasteiger partial charge in [-0.1, -0.05) is 0 Å². The number of aliphatic carboxylic acids is 2. The number of anilines is 1. The molecule has 5 atom stereocenters. The lowest BCUT2D eigenvalue weighted by Crippen LogP contribution is -2.33. The standard InChI is InChI=1S/C14H17N5O8/c20-2-6-9(23)10(24)13(27-6)19-4-17-8-11(15-3-16-12(8)19)18-5(14(25)26)1-7(21)22/h3-6,9-10,13,20,23-24H,1-2H2,(H,21,22)(H,25,26)(H,15,16,18)/t5-,6?,9?,10?,13?/m0/s1. The molecule has 1 aliphatic rings. The quantitative estimate of drug-likeness (QED) is 0.301. The van der Waals surface area contributed by atoms with E-state index in [1.807, 2.05) is 0 Å². The third kappa shape index (κ3) is 3.52. The minimum atomic E-state index is -1.44. The summed E-state index contributed by atoms with van der Waals surface area (Å²) < 4.78 is 6.72. The Balaban J connectivity index is 1.93. The second kappa shape index (κ2) is 7.40. The largest absolute Gasteiger partial charge is 0.481 e. The SMILES string of the molecule is O=C(O)C[C@H](Nc1ncnc2c1ncn2C1OC(CO)C(O)C1O)C(=O)O. The van der Waals surface area contributed by atoms with Crippen molar-refractivity contribution >= 4 is 28.9 Å². The van der Waals surface area contributed by atoms with E-state index in [2.05, 4.69) is 20.3 Å². The summed E-state index contributed by atoms with van der Waals surface area (Å²) in [6.07, 6.45) is -3.08. The zero-order chi connectivity index (χ0) is 19.7. The van der Waals surface area contributed by atoms with Gasteiger partial charge in [0.05, 0.1) is 19.4 Å². The molecule has 13 nitrogen and oxygen atoms in total. The van der Waals surface area contributed by atoms with E-state index in [0.717, 1.165) is 6.33 Å². The maximum absolute atomic E-state index is 11.2. The van der Waals surface area contributed by atoms with Crippen LogP contribution in [0.25, 0.3) is 11.2 Å². The lowest BCUT2D eigenvalue weighted by Gasteiger charge is -2.17. The van der Waals surface area contributed by atoms with Gasteiger partial charge in [-0.15, -0.1) is 0 Å². The Bertz CT molecular complexity index is 857. The third-order valence-corrected chi connectivity index (χ3v) is 4.14. The molecule has 0 aliphatic carbocycles. The van der Waals surface area contributed by atoms with Crippen molar-refractivity contribution in [3.8, 4) is 0 Å². The number of fused-ring (bicyclic) bond motifs is 1. The molecule has 0 amide bonds. The highest BCUT2D eigenvalue weighted by Gasteiger charge is 2.44. The smallest absolute Gasteiger partial charge is 0.326 e. The molecule has 0 spiro atoms. The van der Waals surface area contributed by atoms with Crippen molar-refractivity contribution in [2.75, 3.05) is 11.9 Å². The van der Waals surface area contributed by atoms with Crippen LogP contribution in [-0.2, 0) is 14.3 Å². The van der Waals surface area contributed by atoms with Crippen LogP contribution in [0.5, 0.6) is 0 Å². The van der Waals surface area contributed by atoms with Crippen LogP contribution in [0.3, 0.4) is 0 Å². The van der Waals surface area contributed by atoms with E-state index in [1.165, 1.54) is 10.9 Å². The van der Waals surface area contributed by atoms with Crippen molar-refractivity contribution < 1.29 is 39.9 Å². The Morgan fingerprint density at radius 1 is 1.22 bits per heavy atom. The number of nitrogens with zero attached hydrogens (tertiary/aromatic N) is 4. The van der Waals surface area contributed by atoms with Gasteiger partial charge in [-0.3, -0.25) is 9.36 Å². The summed E-state index contributed by atoms with van der Waals surface area (Å²) in [5, 5.41) is 49.7. The number of hydrogen-bond acceptors (Lipinski definition) is 10. The highest BCUT2D eigenvalue weighted by Crippen LogP contribution is 2.32. The van der Waals surface area contributed by atoms with Crippen LogP contribution >= 0.6 is 0 Å². The second-order valence-corrected chi connectivity index (χ2v) is 5.91. The number of ether oxygens (including phenoxy) is 1. The average molecular weight is 383 g/mol. The summed E-state index contributed by atoms with van der Waals surface area (Å²) >= 11 is 0. The number of nitrogens with one attached hydrogen (secondary N) is 1. The summed E-state index contributed by atoms with van der Waals surface area (Å²) in [5.41, 5.74) is 0.272. The maximum Gasteiger partial charge on any atom is 0.326 e. The number of aromatic nitrogens is 4. The lowest BCUT2D eigenvalue weighted by molar-refractivity contribution is -0.144. The van der Waals surface area contributed by atoms with E-state index in [1.54, 1.807) is 0 Å². The number of carbonyl (C=O) groups is 2. The van der Waals surface area contributed by atoms with Gasteiger partial charge in [-0.2, -0.15) is 0 Å². The number of aliphatic hydroxyl groups is 3. The van der Waals surface area contributed by atoms with E-state index in [-0.39, 0.29) is 17.0 Å². The summed E-state index contributed by atoms with van der Waals surface area (Å²) in [6.45, 7) is -0.501. The molecule has 0 aromatic carbocycles.